The first-order valence-electron chi connectivity index (χ1n) is 7.67. The average molecular weight is 323 g/mol. The van der Waals surface area contributed by atoms with Crippen molar-refractivity contribution in [3.05, 3.63) is 72.0 Å². The summed E-state index contributed by atoms with van der Waals surface area (Å²) in [6.45, 7) is 2.54. The van der Waals surface area contributed by atoms with Crippen molar-refractivity contribution in [1.82, 2.24) is 5.16 Å². The fourth-order valence-corrected chi connectivity index (χ4v) is 2.17. The summed E-state index contributed by atoms with van der Waals surface area (Å²) >= 11 is 0. The zero-order valence-corrected chi connectivity index (χ0v) is 13.3. The van der Waals surface area contributed by atoms with Crippen LogP contribution < -0.4 is 4.74 Å². The summed E-state index contributed by atoms with van der Waals surface area (Å²) in [7, 11) is 0. The highest BCUT2D eigenvalue weighted by atomic mass is 16.6. The Morgan fingerprint density at radius 3 is 2.54 bits per heavy atom. The molecule has 3 aromatic rings. The molecule has 24 heavy (non-hydrogen) atoms. The average Bonchev–Trinajstić information content (AvgIpc) is 3.12. The molecule has 0 aliphatic heterocycles. The van der Waals surface area contributed by atoms with E-state index in [9.17, 15) is 4.79 Å². The lowest BCUT2D eigenvalue weighted by Gasteiger charge is -2.06. The maximum Gasteiger partial charge on any atom is 0.377 e. The van der Waals surface area contributed by atoms with Crippen LogP contribution in [0.15, 0.2) is 65.2 Å². The quantitative estimate of drug-likeness (QED) is 0.639. The minimum absolute atomic E-state index is 0.0938. The minimum atomic E-state index is -0.515. The normalized spacial score (nSPS) is 10.4. The van der Waals surface area contributed by atoms with Gasteiger partial charge in [0.05, 0.1) is 6.61 Å². The van der Waals surface area contributed by atoms with Gasteiger partial charge in [-0.2, -0.15) is 0 Å². The van der Waals surface area contributed by atoms with Crippen LogP contribution in [0.2, 0.25) is 0 Å². The molecular formula is C19H17NO4. The van der Waals surface area contributed by atoms with Gasteiger partial charge >= 0.3 is 5.97 Å². The van der Waals surface area contributed by atoms with Gasteiger partial charge in [0.2, 0.25) is 5.76 Å². The van der Waals surface area contributed by atoms with Gasteiger partial charge in [0.1, 0.15) is 18.1 Å². The van der Waals surface area contributed by atoms with Crippen molar-refractivity contribution >= 4 is 5.97 Å². The number of benzene rings is 2. The number of hydrogen-bond acceptors (Lipinski definition) is 5. The van der Waals surface area contributed by atoms with Crippen molar-refractivity contribution in [3.63, 3.8) is 0 Å². The first-order valence-corrected chi connectivity index (χ1v) is 7.67. The summed E-state index contributed by atoms with van der Waals surface area (Å²) in [5.74, 6) is 0.340. The zero-order chi connectivity index (χ0) is 16.8. The number of carbonyl (C=O) groups is 1. The van der Waals surface area contributed by atoms with Crippen molar-refractivity contribution in [1.29, 1.82) is 0 Å². The standard InChI is InChI=1S/C19H17NO4/c1-2-22-19(21)18-12-17(20-24-18)15-8-10-16(11-9-15)23-13-14-6-4-3-5-7-14/h3-12H,2,13H2,1H3. The molecular weight excluding hydrogens is 306 g/mol. The fraction of sp³-hybridized carbons (Fsp3) is 0.158. The topological polar surface area (TPSA) is 61.6 Å². The second-order valence-electron chi connectivity index (χ2n) is 5.10. The van der Waals surface area contributed by atoms with Gasteiger partial charge < -0.3 is 14.0 Å². The van der Waals surface area contributed by atoms with E-state index in [4.69, 9.17) is 14.0 Å². The van der Waals surface area contributed by atoms with Crippen LogP contribution in [-0.4, -0.2) is 17.7 Å². The zero-order valence-electron chi connectivity index (χ0n) is 13.3. The lowest BCUT2D eigenvalue weighted by atomic mass is 10.1. The van der Waals surface area contributed by atoms with Crippen molar-refractivity contribution in [3.8, 4) is 17.0 Å². The van der Waals surface area contributed by atoms with Crippen LogP contribution in [0, 0.1) is 0 Å². The summed E-state index contributed by atoms with van der Waals surface area (Å²) in [5.41, 5.74) is 2.52. The van der Waals surface area contributed by atoms with Gasteiger partial charge in [0, 0.05) is 11.6 Å². The second-order valence-corrected chi connectivity index (χ2v) is 5.10. The number of esters is 1. The van der Waals surface area contributed by atoms with Crippen LogP contribution in [0.5, 0.6) is 5.75 Å². The third-order valence-electron chi connectivity index (χ3n) is 3.39. The van der Waals surface area contributed by atoms with E-state index in [0.29, 0.717) is 18.9 Å². The Balaban J connectivity index is 1.65. The van der Waals surface area contributed by atoms with Crippen molar-refractivity contribution in [2.75, 3.05) is 6.61 Å². The van der Waals surface area contributed by atoms with Gasteiger partial charge in [-0.15, -0.1) is 0 Å². The molecule has 0 fully saturated rings. The second kappa shape index (κ2) is 7.46. The summed E-state index contributed by atoms with van der Waals surface area (Å²) < 4.78 is 15.6. The fourth-order valence-electron chi connectivity index (χ4n) is 2.17. The Hall–Kier alpha value is -3.08. The molecule has 5 nitrogen and oxygen atoms in total. The predicted molar refractivity (Wildman–Crippen MR) is 88.7 cm³/mol. The molecule has 3 rings (SSSR count). The summed E-state index contributed by atoms with van der Waals surface area (Å²) in [4.78, 5) is 11.6. The molecule has 0 bridgehead atoms. The summed E-state index contributed by atoms with van der Waals surface area (Å²) in [5, 5.41) is 3.90. The monoisotopic (exact) mass is 323 g/mol. The van der Waals surface area contributed by atoms with Gasteiger partial charge in [-0.05, 0) is 36.8 Å². The highest BCUT2D eigenvalue weighted by Crippen LogP contribution is 2.23. The Morgan fingerprint density at radius 1 is 1.08 bits per heavy atom. The Bertz CT molecular complexity index is 794. The molecule has 0 amide bonds. The number of hydrogen-bond donors (Lipinski definition) is 0. The van der Waals surface area contributed by atoms with Crippen LogP contribution in [0.25, 0.3) is 11.3 Å². The first-order chi connectivity index (χ1) is 11.8. The van der Waals surface area contributed by atoms with E-state index in [0.717, 1.165) is 16.9 Å². The third kappa shape index (κ3) is 3.81. The van der Waals surface area contributed by atoms with Crippen LogP contribution in [0.4, 0.5) is 0 Å². The van der Waals surface area contributed by atoms with Crippen molar-refractivity contribution in [2.24, 2.45) is 0 Å². The third-order valence-corrected chi connectivity index (χ3v) is 3.39. The van der Waals surface area contributed by atoms with Crippen molar-refractivity contribution in [2.45, 2.75) is 13.5 Å². The molecule has 0 unspecified atom stereocenters. The van der Waals surface area contributed by atoms with E-state index in [1.165, 1.54) is 0 Å². The molecule has 1 heterocycles. The minimum Gasteiger partial charge on any atom is -0.489 e. The predicted octanol–water partition coefficient (Wildman–Crippen LogP) is 4.10. The first kappa shape index (κ1) is 15.8. The number of aromatic nitrogens is 1. The van der Waals surface area contributed by atoms with Crippen molar-refractivity contribution < 1.29 is 18.8 Å². The molecule has 0 aliphatic carbocycles. The number of carbonyl (C=O) groups excluding carboxylic acids is 1. The largest absolute Gasteiger partial charge is 0.489 e. The van der Waals surface area contributed by atoms with E-state index in [1.54, 1.807) is 13.0 Å². The molecule has 2 aromatic carbocycles. The SMILES string of the molecule is CCOC(=O)c1cc(-c2ccc(OCc3ccccc3)cc2)no1. The number of nitrogens with zero attached hydrogens (tertiary/aromatic N) is 1. The van der Waals surface area contributed by atoms with E-state index < -0.39 is 5.97 Å². The van der Waals surface area contributed by atoms with Crippen LogP contribution >= 0.6 is 0 Å². The van der Waals surface area contributed by atoms with Crippen LogP contribution in [0.3, 0.4) is 0 Å². The summed E-state index contributed by atoms with van der Waals surface area (Å²) in [6, 6.07) is 19.0. The molecule has 0 atom stereocenters. The van der Waals surface area contributed by atoms with Gasteiger partial charge in [-0.3, -0.25) is 0 Å². The highest BCUT2D eigenvalue weighted by Gasteiger charge is 2.14. The van der Waals surface area contributed by atoms with Gasteiger partial charge in [-0.1, -0.05) is 35.5 Å². The van der Waals surface area contributed by atoms with Gasteiger partial charge in [0.15, 0.2) is 0 Å². The molecule has 0 saturated heterocycles. The van der Waals surface area contributed by atoms with Crippen LogP contribution in [0.1, 0.15) is 23.0 Å². The van der Waals surface area contributed by atoms with E-state index in [1.807, 2.05) is 54.6 Å². The highest BCUT2D eigenvalue weighted by molar-refractivity contribution is 5.87. The lowest BCUT2D eigenvalue weighted by Crippen LogP contribution is -2.02. The molecule has 122 valence electrons. The smallest absolute Gasteiger partial charge is 0.377 e. The molecule has 0 spiro atoms. The van der Waals surface area contributed by atoms with E-state index >= 15 is 0 Å². The Kier molecular flexibility index (Phi) is 4.91. The molecule has 0 N–H and O–H groups in total. The number of ether oxygens (including phenoxy) is 2. The lowest BCUT2D eigenvalue weighted by molar-refractivity contribution is 0.0480. The maximum absolute atomic E-state index is 11.6. The molecule has 0 radical (unpaired) electrons. The molecule has 5 heteroatoms. The summed E-state index contributed by atoms with van der Waals surface area (Å²) in [6.07, 6.45) is 0. The van der Waals surface area contributed by atoms with Gasteiger partial charge in [0.25, 0.3) is 0 Å². The van der Waals surface area contributed by atoms with Crippen LogP contribution in [-0.2, 0) is 11.3 Å². The Labute approximate surface area is 139 Å². The molecule has 0 saturated carbocycles. The number of rotatable bonds is 6. The Morgan fingerprint density at radius 2 is 1.83 bits per heavy atom. The molecule has 1 aromatic heterocycles. The molecule has 0 aliphatic rings. The van der Waals surface area contributed by atoms with E-state index in [-0.39, 0.29) is 5.76 Å². The van der Waals surface area contributed by atoms with E-state index in [2.05, 4.69) is 5.16 Å². The maximum atomic E-state index is 11.6. The van der Waals surface area contributed by atoms with Gasteiger partial charge in [-0.25, -0.2) is 4.79 Å².